The summed E-state index contributed by atoms with van der Waals surface area (Å²) < 4.78 is 66.8. The van der Waals surface area contributed by atoms with E-state index in [1.807, 2.05) is 76.2 Å². The lowest BCUT2D eigenvalue weighted by Gasteiger charge is -2.27. The molecule has 0 radical (unpaired) electrons. The Morgan fingerprint density at radius 2 is 1.16 bits per heavy atom. The van der Waals surface area contributed by atoms with Gasteiger partial charge in [0.2, 0.25) is 31.9 Å². The molecule has 362 valence electrons. The Morgan fingerprint density at radius 3 is 1.61 bits per heavy atom. The van der Waals surface area contributed by atoms with Crippen molar-refractivity contribution in [1.82, 2.24) is 43.3 Å². The Balaban J connectivity index is 0.000000164. The second-order valence-corrected chi connectivity index (χ2v) is 23.0. The summed E-state index contributed by atoms with van der Waals surface area (Å²) >= 11 is 6.12. The smallest absolute Gasteiger partial charge is 0.227 e. The Morgan fingerprint density at radius 1 is 0.652 bits per heavy atom. The van der Waals surface area contributed by atoms with Crippen molar-refractivity contribution in [2.24, 2.45) is 0 Å². The molecule has 11 rings (SSSR count). The van der Waals surface area contributed by atoms with Crippen LogP contribution in [0, 0.1) is 27.7 Å². The average Bonchev–Trinajstić information content (AvgIpc) is 4.16. The van der Waals surface area contributed by atoms with Crippen molar-refractivity contribution in [3.8, 4) is 22.3 Å². The molecule has 69 heavy (non-hydrogen) atoms. The van der Waals surface area contributed by atoms with Crippen molar-refractivity contribution in [2.75, 3.05) is 43.6 Å². The van der Waals surface area contributed by atoms with Gasteiger partial charge in [-0.15, -0.1) is 0 Å². The first-order chi connectivity index (χ1) is 32.8. The molecule has 4 saturated heterocycles. The fourth-order valence-corrected chi connectivity index (χ4v) is 12.6. The van der Waals surface area contributed by atoms with E-state index in [1.165, 1.54) is 21.1 Å². The molecule has 0 spiro atoms. The molecule has 0 unspecified atom stereocenters. The van der Waals surface area contributed by atoms with Gasteiger partial charge in [0.15, 0.2) is 0 Å². The molecule has 0 aliphatic carbocycles. The lowest BCUT2D eigenvalue weighted by Crippen LogP contribution is -2.31. The number of carbonyl (C=O) groups is 2. The predicted octanol–water partition coefficient (Wildman–Crippen LogP) is 7.50. The van der Waals surface area contributed by atoms with Crippen molar-refractivity contribution in [2.45, 2.75) is 90.4 Å². The monoisotopic (exact) mass is 996 g/mol. The van der Waals surface area contributed by atoms with Crippen molar-refractivity contribution >= 4 is 71.2 Å². The number of fused-ring (bicyclic) bond motifs is 2. The normalized spacial score (nSPS) is 21.5. The van der Waals surface area contributed by atoms with Crippen molar-refractivity contribution in [1.29, 1.82) is 0 Å². The summed E-state index contributed by atoms with van der Waals surface area (Å²) in [6, 6.07) is 18.8. The van der Waals surface area contributed by atoms with E-state index in [1.54, 1.807) is 17.0 Å². The number of amides is 2. The van der Waals surface area contributed by atoms with Crippen LogP contribution < -0.4 is 10.2 Å². The summed E-state index contributed by atoms with van der Waals surface area (Å²) in [4.78, 5) is 36.8. The third-order valence-corrected chi connectivity index (χ3v) is 16.7. The van der Waals surface area contributed by atoms with Gasteiger partial charge in [-0.1, -0.05) is 34.0 Å². The van der Waals surface area contributed by atoms with E-state index in [4.69, 9.17) is 30.6 Å². The maximum atomic E-state index is 13.1. The van der Waals surface area contributed by atoms with Crippen LogP contribution in [0.3, 0.4) is 0 Å². The number of hydrogen-bond donors (Lipinski definition) is 1. The molecule has 8 heterocycles. The zero-order chi connectivity index (χ0) is 48.7. The lowest BCUT2D eigenvalue weighted by molar-refractivity contribution is -0.119. The molecule has 4 fully saturated rings. The first kappa shape index (κ1) is 46.8. The Kier molecular flexibility index (Phi) is 12.1. The fraction of sp³-hybridized carbons (Fsp3) is 0.417. The fourth-order valence-electron chi connectivity index (χ4n) is 10.7. The molecule has 2 amide bonds. The largest absolute Gasteiger partial charge is 0.361 e. The highest BCUT2D eigenvalue weighted by molar-refractivity contribution is 7.88. The number of carbonyl (C=O) groups excluding carboxylic acids is 2. The first-order valence-electron chi connectivity index (χ1n) is 23.0. The molecular weight excluding hydrogens is 944 g/mol. The standard InChI is InChI=1S/C27H28ClN5O4S.C21H25N5O4S/c1-16-26(17(2)37-30-16)18-4-9-23-22(14-18)29-27(33(23)21-12-13-31(15-21)38(3,35)36)24-10-11-25(34)32(24)20-7-5-19(28)6-8-20;1-12-20(13(2)30-24-12)14-4-6-18-17(10-14)23-21(16-5-7-19(27)22-16)26(18)15-8-9-25(11-15)31(3,28)29/h4-9,14,21,24H,10-13,15H2,1-3H3;4,6,10,15-16H,5,7-9,11H2,1-3H3,(H,22,27)/t21-,24+;15-,16+/m11/s1. The van der Waals surface area contributed by atoms with Gasteiger partial charge in [0.05, 0.1) is 70.1 Å². The Labute approximate surface area is 404 Å². The molecule has 3 aromatic carbocycles. The third-order valence-electron chi connectivity index (χ3n) is 13.9. The van der Waals surface area contributed by atoms with Gasteiger partial charge in [0, 0.05) is 60.9 Å². The van der Waals surface area contributed by atoms with Gasteiger partial charge in [0.1, 0.15) is 23.2 Å². The summed E-state index contributed by atoms with van der Waals surface area (Å²) in [5.41, 5.74) is 9.64. The Hall–Kier alpha value is -5.93. The van der Waals surface area contributed by atoms with Gasteiger partial charge in [0.25, 0.3) is 0 Å². The minimum atomic E-state index is -3.32. The van der Waals surface area contributed by atoms with Crippen LogP contribution in [0.15, 0.2) is 69.7 Å². The molecule has 4 aliphatic rings. The number of aryl methyl sites for hydroxylation is 4. The van der Waals surface area contributed by atoms with E-state index < -0.39 is 20.0 Å². The average molecular weight is 998 g/mol. The lowest BCUT2D eigenvalue weighted by atomic mass is 10.0. The van der Waals surface area contributed by atoms with Gasteiger partial charge in [-0.2, -0.15) is 0 Å². The number of rotatable bonds is 9. The molecule has 0 saturated carbocycles. The zero-order valence-corrected chi connectivity index (χ0v) is 41.5. The maximum absolute atomic E-state index is 13.1. The van der Waals surface area contributed by atoms with Crippen molar-refractivity contribution < 1.29 is 35.5 Å². The van der Waals surface area contributed by atoms with Gasteiger partial charge in [-0.25, -0.2) is 35.4 Å². The van der Waals surface area contributed by atoms with Crippen LogP contribution in [0.1, 0.15) is 97.2 Å². The van der Waals surface area contributed by atoms with Crippen LogP contribution in [0.25, 0.3) is 44.3 Å². The van der Waals surface area contributed by atoms with Gasteiger partial charge >= 0.3 is 0 Å². The minimum Gasteiger partial charge on any atom is -0.361 e. The molecule has 1 N–H and O–H groups in total. The van der Waals surface area contributed by atoms with Gasteiger partial charge in [-0.3, -0.25) is 9.59 Å². The number of hydrogen-bond acceptors (Lipinski definition) is 12. The first-order valence-corrected chi connectivity index (χ1v) is 27.1. The van der Waals surface area contributed by atoms with Crippen LogP contribution >= 0.6 is 11.6 Å². The number of anilines is 1. The van der Waals surface area contributed by atoms with Crippen LogP contribution in [0.4, 0.5) is 5.69 Å². The molecule has 4 aliphatic heterocycles. The highest BCUT2D eigenvalue weighted by atomic mass is 35.5. The topological polar surface area (TPSA) is 212 Å². The molecular formula is C48H53ClN10O8S2. The van der Waals surface area contributed by atoms with E-state index in [0.29, 0.717) is 69.7 Å². The number of imidazole rings is 2. The number of nitrogens with zero attached hydrogens (tertiary/aromatic N) is 9. The van der Waals surface area contributed by atoms with E-state index in [9.17, 15) is 26.4 Å². The predicted molar refractivity (Wildman–Crippen MR) is 261 cm³/mol. The molecule has 18 nitrogen and oxygen atoms in total. The maximum Gasteiger partial charge on any atom is 0.227 e. The summed E-state index contributed by atoms with van der Waals surface area (Å²) in [5.74, 6) is 3.07. The Bertz CT molecular complexity index is 3360. The molecule has 7 aromatic rings. The molecule has 0 bridgehead atoms. The van der Waals surface area contributed by atoms with Crippen LogP contribution in [0.2, 0.25) is 5.02 Å². The second kappa shape index (κ2) is 17.8. The summed E-state index contributed by atoms with van der Waals surface area (Å²) in [5, 5.41) is 11.8. The van der Waals surface area contributed by atoms with Gasteiger partial charge < -0.3 is 28.4 Å². The SMILES string of the molecule is Cc1noc(C)c1-c1ccc2c(c1)nc([C@@H]1CCC(=O)N1)n2[C@@H]1CCN(S(C)(=O)=O)C1.Cc1noc(C)c1-c1ccc2c(c1)nc([C@@H]1CCC(=O)N1c1ccc(Cl)cc1)n2[C@@H]1CCN(S(C)(=O)=O)C1. The number of halogens is 1. The zero-order valence-electron chi connectivity index (χ0n) is 39.1. The quantitative estimate of drug-likeness (QED) is 0.149. The van der Waals surface area contributed by atoms with Gasteiger partial charge in [-0.05, 0) is 113 Å². The van der Waals surface area contributed by atoms with E-state index in [0.717, 1.165) is 84.6 Å². The number of benzene rings is 3. The summed E-state index contributed by atoms with van der Waals surface area (Å²) in [6.45, 7) is 9.29. The van der Waals surface area contributed by atoms with Crippen LogP contribution in [0.5, 0.6) is 0 Å². The number of sulfonamides is 2. The highest BCUT2D eigenvalue weighted by Gasteiger charge is 2.40. The second-order valence-electron chi connectivity index (χ2n) is 18.6. The third kappa shape index (κ3) is 8.74. The van der Waals surface area contributed by atoms with Crippen LogP contribution in [-0.4, -0.2) is 105 Å². The molecule has 21 heteroatoms. The highest BCUT2D eigenvalue weighted by Crippen LogP contribution is 2.42. The van der Waals surface area contributed by atoms with E-state index in [-0.39, 0.29) is 36.0 Å². The molecule has 4 aromatic heterocycles. The number of aromatic nitrogens is 6. The van der Waals surface area contributed by atoms with E-state index in [2.05, 4.69) is 24.8 Å². The van der Waals surface area contributed by atoms with Crippen molar-refractivity contribution in [3.05, 3.63) is 100 Å². The van der Waals surface area contributed by atoms with E-state index >= 15 is 0 Å². The summed E-state index contributed by atoms with van der Waals surface area (Å²) in [7, 11) is -6.57. The number of nitrogens with one attached hydrogen (secondary N) is 1. The molecule has 4 atom stereocenters. The van der Waals surface area contributed by atoms with Crippen LogP contribution in [-0.2, 0) is 29.6 Å². The van der Waals surface area contributed by atoms with Crippen molar-refractivity contribution in [3.63, 3.8) is 0 Å². The minimum absolute atomic E-state index is 0.0178. The summed E-state index contributed by atoms with van der Waals surface area (Å²) in [6.07, 6.45) is 6.03.